The summed E-state index contributed by atoms with van der Waals surface area (Å²) in [6, 6.07) is 3.68. The van der Waals surface area contributed by atoms with Crippen LogP contribution in [0.15, 0.2) is 24.5 Å². The second-order valence-electron chi connectivity index (χ2n) is 3.21. The van der Waals surface area contributed by atoms with Crippen LogP contribution in [0.5, 0.6) is 0 Å². The number of aromatic nitrogens is 1. The summed E-state index contributed by atoms with van der Waals surface area (Å²) in [7, 11) is 0. The Kier molecular flexibility index (Phi) is 3.43. The van der Waals surface area contributed by atoms with Crippen LogP contribution in [0.25, 0.3) is 0 Å². The first-order chi connectivity index (χ1) is 6.20. The molecule has 0 amide bonds. The smallest absolute Gasteiger partial charge is 0.154 e. The van der Waals surface area contributed by atoms with Crippen LogP contribution in [0.1, 0.15) is 13.8 Å². The summed E-state index contributed by atoms with van der Waals surface area (Å²) in [6.07, 6.45) is 3.39. The van der Waals surface area contributed by atoms with Crippen molar-refractivity contribution in [3.8, 4) is 0 Å². The van der Waals surface area contributed by atoms with E-state index in [1.54, 1.807) is 12.4 Å². The van der Waals surface area contributed by atoms with Crippen molar-refractivity contribution in [2.75, 3.05) is 11.9 Å². The van der Waals surface area contributed by atoms with Crippen molar-refractivity contribution < 1.29 is 4.79 Å². The highest BCUT2D eigenvalue weighted by Gasteiger charge is 2.05. The van der Waals surface area contributed by atoms with Gasteiger partial charge in [0.05, 0.1) is 6.54 Å². The molecule has 0 saturated heterocycles. The summed E-state index contributed by atoms with van der Waals surface area (Å²) >= 11 is 0. The molecule has 1 N–H and O–H groups in total. The highest BCUT2D eigenvalue weighted by molar-refractivity contribution is 5.84. The minimum absolute atomic E-state index is 0.0920. The molecule has 0 aliphatic heterocycles. The highest BCUT2D eigenvalue weighted by Crippen LogP contribution is 2.03. The van der Waals surface area contributed by atoms with E-state index in [4.69, 9.17) is 0 Å². The average molecular weight is 178 g/mol. The fourth-order valence-electron chi connectivity index (χ4n) is 0.863. The van der Waals surface area contributed by atoms with Gasteiger partial charge in [0.1, 0.15) is 0 Å². The van der Waals surface area contributed by atoms with Crippen molar-refractivity contribution in [2.24, 2.45) is 5.92 Å². The number of ketones is 1. The SMILES string of the molecule is CC(C)C(=O)CNc1ccncc1. The lowest BCUT2D eigenvalue weighted by Gasteiger charge is -2.06. The van der Waals surface area contributed by atoms with E-state index < -0.39 is 0 Å². The highest BCUT2D eigenvalue weighted by atomic mass is 16.1. The molecule has 0 fully saturated rings. The molecule has 0 unspecified atom stereocenters. The van der Waals surface area contributed by atoms with Crippen molar-refractivity contribution in [3.63, 3.8) is 0 Å². The Bertz CT molecular complexity index is 270. The van der Waals surface area contributed by atoms with Crippen LogP contribution in [-0.2, 0) is 4.79 Å². The van der Waals surface area contributed by atoms with Gasteiger partial charge in [0, 0.05) is 24.0 Å². The van der Waals surface area contributed by atoms with E-state index in [9.17, 15) is 4.79 Å². The lowest BCUT2D eigenvalue weighted by atomic mass is 10.1. The predicted molar refractivity (Wildman–Crippen MR) is 52.6 cm³/mol. The molecular weight excluding hydrogens is 164 g/mol. The van der Waals surface area contributed by atoms with E-state index in [1.165, 1.54) is 0 Å². The zero-order valence-electron chi connectivity index (χ0n) is 7.95. The number of rotatable bonds is 4. The van der Waals surface area contributed by atoms with Crippen molar-refractivity contribution in [3.05, 3.63) is 24.5 Å². The first kappa shape index (κ1) is 9.71. The lowest BCUT2D eigenvalue weighted by Crippen LogP contribution is -2.18. The second kappa shape index (κ2) is 4.60. The summed E-state index contributed by atoms with van der Waals surface area (Å²) in [5, 5.41) is 3.04. The molecule has 3 nitrogen and oxygen atoms in total. The Morgan fingerprint density at radius 1 is 1.46 bits per heavy atom. The summed E-state index contributed by atoms with van der Waals surface area (Å²) < 4.78 is 0. The largest absolute Gasteiger partial charge is 0.378 e. The monoisotopic (exact) mass is 178 g/mol. The number of carbonyl (C=O) groups is 1. The summed E-state index contributed by atoms with van der Waals surface area (Å²) in [5.41, 5.74) is 0.934. The molecule has 0 aromatic carbocycles. The van der Waals surface area contributed by atoms with E-state index in [0.29, 0.717) is 6.54 Å². The molecule has 0 spiro atoms. The van der Waals surface area contributed by atoms with Crippen LogP contribution >= 0.6 is 0 Å². The molecule has 0 radical (unpaired) electrons. The number of nitrogens with one attached hydrogen (secondary N) is 1. The van der Waals surface area contributed by atoms with Gasteiger partial charge in [-0.25, -0.2) is 0 Å². The molecule has 1 aromatic rings. The van der Waals surface area contributed by atoms with Gasteiger partial charge in [0.15, 0.2) is 5.78 Å². The Morgan fingerprint density at radius 2 is 2.08 bits per heavy atom. The van der Waals surface area contributed by atoms with Crippen molar-refractivity contribution in [1.82, 2.24) is 4.98 Å². The Balaban J connectivity index is 2.40. The molecule has 0 aliphatic rings. The first-order valence-corrected chi connectivity index (χ1v) is 4.37. The number of nitrogens with zero attached hydrogens (tertiary/aromatic N) is 1. The third-order valence-corrected chi connectivity index (χ3v) is 1.79. The van der Waals surface area contributed by atoms with E-state index in [-0.39, 0.29) is 11.7 Å². The zero-order valence-corrected chi connectivity index (χ0v) is 7.95. The molecule has 1 aromatic heterocycles. The van der Waals surface area contributed by atoms with Crippen LogP contribution in [0.3, 0.4) is 0 Å². The van der Waals surface area contributed by atoms with E-state index in [1.807, 2.05) is 26.0 Å². The average Bonchev–Trinajstić information content (AvgIpc) is 2.15. The van der Waals surface area contributed by atoms with Crippen LogP contribution in [0, 0.1) is 5.92 Å². The summed E-state index contributed by atoms with van der Waals surface area (Å²) in [6.45, 7) is 4.19. The fourth-order valence-corrected chi connectivity index (χ4v) is 0.863. The second-order valence-corrected chi connectivity index (χ2v) is 3.21. The standard InChI is InChI=1S/C10H14N2O/c1-8(2)10(13)7-12-9-3-5-11-6-4-9/h3-6,8H,7H2,1-2H3,(H,11,12). The minimum atomic E-state index is 0.0920. The fraction of sp³-hybridized carbons (Fsp3) is 0.400. The van der Waals surface area contributed by atoms with Gasteiger partial charge in [-0.05, 0) is 12.1 Å². The number of anilines is 1. The van der Waals surface area contributed by atoms with Crippen LogP contribution < -0.4 is 5.32 Å². The molecule has 70 valence electrons. The Hall–Kier alpha value is -1.38. The number of carbonyl (C=O) groups excluding carboxylic acids is 1. The molecular formula is C10H14N2O. The number of Topliss-reactive ketones (excluding diaryl/α,β-unsaturated/α-hetero) is 1. The van der Waals surface area contributed by atoms with Gasteiger partial charge < -0.3 is 5.32 Å². The van der Waals surface area contributed by atoms with Crippen LogP contribution in [0.2, 0.25) is 0 Å². The third kappa shape index (κ3) is 3.23. The van der Waals surface area contributed by atoms with Crippen molar-refractivity contribution >= 4 is 11.5 Å². The molecule has 1 heterocycles. The van der Waals surface area contributed by atoms with Gasteiger partial charge in [-0.1, -0.05) is 13.8 Å². The molecule has 0 bridgehead atoms. The van der Waals surface area contributed by atoms with Gasteiger partial charge in [0.25, 0.3) is 0 Å². The zero-order chi connectivity index (χ0) is 9.68. The van der Waals surface area contributed by atoms with E-state index >= 15 is 0 Å². The molecule has 3 heteroatoms. The topological polar surface area (TPSA) is 42.0 Å². The van der Waals surface area contributed by atoms with E-state index in [0.717, 1.165) is 5.69 Å². The normalized spacial score (nSPS) is 10.1. The Labute approximate surface area is 78.2 Å². The van der Waals surface area contributed by atoms with Crippen LogP contribution in [-0.4, -0.2) is 17.3 Å². The van der Waals surface area contributed by atoms with Gasteiger partial charge in [-0.2, -0.15) is 0 Å². The van der Waals surface area contributed by atoms with Crippen molar-refractivity contribution in [1.29, 1.82) is 0 Å². The predicted octanol–water partition coefficient (Wildman–Crippen LogP) is 1.72. The molecule has 0 saturated carbocycles. The van der Waals surface area contributed by atoms with Gasteiger partial charge in [-0.3, -0.25) is 9.78 Å². The number of hydrogen-bond acceptors (Lipinski definition) is 3. The Morgan fingerprint density at radius 3 is 2.62 bits per heavy atom. The van der Waals surface area contributed by atoms with E-state index in [2.05, 4.69) is 10.3 Å². The molecule has 13 heavy (non-hydrogen) atoms. The third-order valence-electron chi connectivity index (χ3n) is 1.79. The van der Waals surface area contributed by atoms with Gasteiger partial charge in [-0.15, -0.1) is 0 Å². The minimum Gasteiger partial charge on any atom is -0.378 e. The van der Waals surface area contributed by atoms with Crippen LogP contribution in [0.4, 0.5) is 5.69 Å². The number of pyridine rings is 1. The quantitative estimate of drug-likeness (QED) is 0.763. The van der Waals surface area contributed by atoms with Gasteiger partial charge in [0.2, 0.25) is 0 Å². The molecule has 0 aliphatic carbocycles. The maximum absolute atomic E-state index is 11.2. The molecule has 0 atom stereocenters. The molecule has 1 rings (SSSR count). The first-order valence-electron chi connectivity index (χ1n) is 4.37. The lowest BCUT2D eigenvalue weighted by molar-refractivity contribution is -0.120. The maximum Gasteiger partial charge on any atom is 0.154 e. The van der Waals surface area contributed by atoms with Crippen molar-refractivity contribution in [2.45, 2.75) is 13.8 Å². The maximum atomic E-state index is 11.2. The summed E-state index contributed by atoms with van der Waals surface area (Å²) in [5.74, 6) is 0.311. The number of hydrogen-bond donors (Lipinski definition) is 1. The summed E-state index contributed by atoms with van der Waals surface area (Å²) in [4.78, 5) is 15.1. The van der Waals surface area contributed by atoms with Gasteiger partial charge >= 0.3 is 0 Å².